The molecule has 0 aliphatic carbocycles. The lowest BCUT2D eigenvalue weighted by Crippen LogP contribution is -2.44. The number of nitriles is 2. The first-order chi connectivity index (χ1) is 12.7. The predicted octanol–water partition coefficient (Wildman–Crippen LogP) is 2.74. The molecule has 1 aliphatic heterocycles. The molecule has 0 bridgehead atoms. The number of rotatable bonds is 4. The number of likely N-dealkylation sites (N-methyl/N-ethyl adjacent to an activating group) is 1. The highest BCUT2D eigenvalue weighted by Gasteiger charge is 2.22. The van der Waals surface area contributed by atoms with Gasteiger partial charge in [-0.05, 0) is 46.0 Å². The maximum absolute atomic E-state index is 12.6. The maximum atomic E-state index is 12.6. The Hall–Kier alpha value is -3.03. The smallest absolute Gasteiger partial charge is 0.340 e. The third-order valence-electron chi connectivity index (χ3n) is 4.10. The molecule has 0 saturated carbocycles. The molecule has 0 amide bonds. The van der Waals surface area contributed by atoms with Crippen LogP contribution in [0.15, 0.2) is 30.0 Å². The fraction of sp³-hybridized carbons (Fsp3) is 0.450. The highest BCUT2D eigenvalue weighted by molar-refractivity contribution is 5.97. The Morgan fingerprint density at radius 3 is 2.37 bits per heavy atom. The second-order valence-corrected chi connectivity index (χ2v) is 7.45. The number of piperazine rings is 1. The summed E-state index contributed by atoms with van der Waals surface area (Å²) >= 11 is 0. The molecule has 0 atom stereocenters. The number of carbonyl (C=O) groups excluding carboxylic acids is 1. The quantitative estimate of drug-likeness (QED) is 0.646. The number of nitrogens with zero attached hydrogens (tertiary/aromatic N) is 4. The standard InChI is InChI=1S/C20H25N5O2/c1-20(2,3)27-19(26)17-6-5-16(25-9-7-24(4)8-10-25)11-18(17)23-14-15(12-21)13-22/h5-6,11,14,23H,7-10H2,1-4H3. The minimum absolute atomic E-state index is 0.0739. The Balaban J connectivity index is 2.35. The van der Waals surface area contributed by atoms with Gasteiger partial charge in [-0.15, -0.1) is 0 Å². The summed E-state index contributed by atoms with van der Waals surface area (Å²) in [5, 5.41) is 20.8. The minimum atomic E-state index is -0.620. The van der Waals surface area contributed by atoms with Gasteiger partial charge in [0.2, 0.25) is 0 Å². The van der Waals surface area contributed by atoms with Crippen molar-refractivity contribution in [2.24, 2.45) is 0 Å². The lowest BCUT2D eigenvalue weighted by molar-refractivity contribution is 0.00707. The van der Waals surface area contributed by atoms with Crippen LogP contribution in [0.1, 0.15) is 31.1 Å². The van der Waals surface area contributed by atoms with E-state index in [1.54, 1.807) is 39.0 Å². The SMILES string of the molecule is CN1CCN(c2ccc(C(=O)OC(C)(C)C)c(NC=C(C#N)C#N)c2)CC1. The summed E-state index contributed by atoms with van der Waals surface area (Å²) in [6.45, 7) is 9.12. The van der Waals surface area contributed by atoms with Crippen LogP contribution < -0.4 is 10.2 Å². The van der Waals surface area contributed by atoms with Crippen LogP contribution in [0.2, 0.25) is 0 Å². The van der Waals surface area contributed by atoms with Gasteiger partial charge in [-0.3, -0.25) is 0 Å². The van der Waals surface area contributed by atoms with Crippen LogP contribution in [-0.2, 0) is 4.74 Å². The lowest BCUT2D eigenvalue weighted by Gasteiger charge is -2.34. The normalized spacial score (nSPS) is 14.7. The van der Waals surface area contributed by atoms with Gasteiger partial charge in [0.25, 0.3) is 0 Å². The summed E-state index contributed by atoms with van der Waals surface area (Å²) in [6.07, 6.45) is 1.30. The molecular weight excluding hydrogens is 342 g/mol. The largest absolute Gasteiger partial charge is 0.456 e. The van der Waals surface area contributed by atoms with E-state index in [4.69, 9.17) is 15.3 Å². The number of carbonyl (C=O) groups is 1. The molecule has 1 heterocycles. The molecule has 2 rings (SSSR count). The van der Waals surface area contributed by atoms with E-state index < -0.39 is 11.6 Å². The van der Waals surface area contributed by atoms with E-state index in [-0.39, 0.29) is 5.57 Å². The van der Waals surface area contributed by atoms with Crippen molar-refractivity contribution in [2.45, 2.75) is 26.4 Å². The number of benzene rings is 1. The van der Waals surface area contributed by atoms with Gasteiger partial charge in [0, 0.05) is 38.1 Å². The predicted molar refractivity (Wildman–Crippen MR) is 104 cm³/mol. The van der Waals surface area contributed by atoms with E-state index in [9.17, 15) is 4.79 Å². The summed E-state index contributed by atoms with van der Waals surface area (Å²) in [5.41, 5.74) is 1.14. The van der Waals surface area contributed by atoms with Gasteiger partial charge in [0.1, 0.15) is 23.3 Å². The molecule has 1 N–H and O–H groups in total. The molecule has 27 heavy (non-hydrogen) atoms. The summed E-state index contributed by atoms with van der Waals surface area (Å²) in [4.78, 5) is 17.1. The van der Waals surface area contributed by atoms with Crippen molar-refractivity contribution in [3.05, 3.63) is 35.5 Å². The maximum Gasteiger partial charge on any atom is 0.340 e. The third kappa shape index (κ3) is 5.73. The topological polar surface area (TPSA) is 92.4 Å². The van der Waals surface area contributed by atoms with Gasteiger partial charge in [-0.1, -0.05) is 0 Å². The molecule has 0 spiro atoms. The van der Waals surface area contributed by atoms with Crippen molar-refractivity contribution in [3.8, 4) is 12.1 Å². The third-order valence-corrected chi connectivity index (χ3v) is 4.10. The number of allylic oxidation sites excluding steroid dienone is 1. The van der Waals surface area contributed by atoms with Crippen molar-refractivity contribution in [1.29, 1.82) is 10.5 Å². The molecule has 7 heteroatoms. The summed E-state index contributed by atoms with van der Waals surface area (Å²) in [7, 11) is 2.09. The molecule has 142 valence electrons. The van der Waals surface area contributed by atoms with Gasteiger partial charge in [-0.25, -0.2) is 4.79 Å². The van der Waals surface area contributed by atoms with Gasteiger partial charge in [-0.2, -0.15) is 10.5 Å². The Kier molecular flexibility index (Phi) is 6.44. The van der Waals surface area contributed by atoms with Gasteiger partial charge in [0.05, 0.1) is 11.3 Å². The zero-order valence-electron chi connectivity index (χ0n) is 16.2. The molecule has 1 fully saturated rings. The van der Waals surface area contributed by atoms with Crippen molar-refractivity contribution >= 4 is 17.3 Å². The first kappa shape index (κ1) is 20.3. The zero-order valence-corrected chi connectivity index (χ0v) is 16.2. The van der Waals surface area contributed by atoms with Crippen molar-refractivity contribution in [3.63, 3.8) is 0 Å². The summed E-state index contributed by atoms with van der Waals surface area (Å²) in [5.74, 6) is -0.459. The average molecular weight is 367 g/mol. The zero-order chi connectivity index (χ0) is 20.0. The van der Waals surface area contributed by atoms with Gasteiger partial charge >= 0.3 is 5.97 Å². The first-order valence-corrected chi connectivity index (χ1v) is 8.81. The Labute approximate surface area is 160 Å². The molecule has 1 aromatic carbocycles. The highest BCUT2D eigenvalue weighted by atomic mass is 16.6. The molecule has 0 aromatic heterocycles. The van der Waals surface area contributed by atoms with Crippen molar-refractivity contribution < 1.29 is 9.53 Å². The fourth-order valence-corrected chi connectivity index (χ4v) is 2.66. The Bertz CT molecular complexity index is 787. The van der Waals surface area contributed by atoms with Gasteiger partial charge < -0.3 is 19.9 Å². The van der Waals surface area contributed by atoms with E-state index in [0.717, 1.165) is 31.9 Å². The van der Waals surface area contributed by atoms with Crippen molar-refractivity contribution in [2.75, 3.05) is 43.4 Å². The highest BCUT2D eigenvalue weighted by Crippen LogP contribution is 2.27. The fourth-order valence-electron chi connectivity index (χ4n) is 2.66. The molecule has 0 unspecified atom stereocenters. The van der Waals surface area contributed by atoms with Crippen LogP contribution in [0.25, 0.3) is 0 Å². The Morgan fingerprint density at radius 1 is 1.19 bits per heavy atom. The molecular formula is C20H25N5O2. The average Bonchev–Trinajstić information content (AvgIpc) is 2.61. The first-order valence-electron chi connectivity index (χ1n) is 8.81. The molecule has 0 radical (unpaired) electrons. The van der Waals surface area contributed by atoms with E-state index in [2.05, 4.69) is 22.2 Å². The van der Waals surface area contributed by atoms with E-state index in [1.165, 1.54) is 6.20 Å². The molecule has 7 nitrogen and oxygen atoms in total. The van der Waals surface area contributed by atoms with E-state index in [0.29, 0.717) is 11.3 Å². The second-order valence-electron chi connectivity index (χ2n) is 7.45. The monoisotopic (exact) mass is 367 g/mol. The molecule has 1 saturated heterocycles. The molecule has 1 aromatic rings. The van der Waals surface area contributed by atoms with Crippen LogP contribution >= 0.6 is 0 Å². The summed E-state index contributed by atoms with van der Waals surface area (Å²) in [6, 6.07) is 9.07. The van der Waals surface area contributed by atoms with Crippen molar-refractivity contribution in [1.82, 2.24) is 4.90 Å². The lowest BCUT2D eigenvalue weighted by atomic mass is 10.1. The number of anilines is 2. The number of hydrogen-bond donors (Lipinski definition) is 1. The van der Waals surface area contributed by atoms with Crippen LogP contribution in [0.4, 0.5) is 11.4 Å². The van der Waals surface area contributed by atoms with Crippen LogP contribution in [0.5, 0.6) is 0 Å². The van der Waals surface area contributed by atoms with Gasteiger partial charge in [0.15, 0.2) is 0 Å². The van der Waals surface area contributed by atoms with Crippen LogP contribution in [0.3, 0.4) is 0 Å². The number of esters is 1. The summed E-state index contributed by atoms with van der Waals surface area (Å²) < 4.78 is 5.47. The van der Waals surface area contributed by atoms with E-state index in [1.807, 2.05) is 12.1 Å². The van der Waals surface area contributed by atoms with E-state index >= 15 is 0 Å². The number of nitrogens with one attached hydrogen (secondary N) is 1. The van der Waals surface area contributed by atoms with Crippen LogP contribution in [-0.4, -0.2) is 49.7 Å². The van der Waals surface area contributed by atoms with Crippen LogP contribution in [0, 0.1) is 22.7 Å². The minimum Gasteiger partial charge on any atom is -0.456 e. The number of ether oxygens (including phenoxy) is 1. The number of hydrogen-bond acceptors (Lipinski definition) is 7. The second kappa shape index (κ2) is 8.57. The Morgan fingerprint density at radius 2 is 1.81 bits per heavy atom. The molecule has 1 aliphatic rings.